The maximum atomic E-state index is 11.5. The maximum absolute atomic E-state index is 11.5. The molecule has 1 aromatic heterocycles. The Morgan fingerprint density at radius 2 is 2.07 bits per heavy atom. The van der Waals surface area contributed by atoms with Gasteiger partial charge in [0.05, 0.1) is 6.61 Å². The van der Waals surface area contributed by atoms with Gasteiger partial charge in [-0.1, -0.05) is 43.7 Å². The number of rotatable bonds is 5. The van der Waals surface area contributed by atoms with Crippen LogP contribution in [0.1, 0.15) is 58.3 Å². The van der Waals surface area contributed by atoms with Crippen LogP contribution in [0.5, 0.6) is 0 Å². The molecule has 1 aromatic carbocycles. The molecular weight excluding hydrogens is 336 g/mol. The van der Waals surface area contributed by atoms with Gasteiger partial charge in [0.1, 0.15) is 11.3 Å². The fourth-order valence-corrected chi connectivity index (χ4v) is 3.85. The number of esters is 1. The van der Waals surface area contributed by atoms with E-state index < -0.39 is 0 Å². The van der Waals surface area contributed by atoms with Crippen LogP contribution in [0.4, 0.5) is 0 Å². The monoisotopic (exact) mass is 364 g/mol. The van der Waals surface area contributed by atoms with E-state index in [1.165, 1.54) is 36.5 Å². The van der Waals surface area contributed by atoms with Crippen molar-refractivity contribution in [3.63, 3.8) is 0 Å². The van der Waals surface area contributed by atoms with Gasteiger partial charge in [0, 0.05) is 11.5 Å². The summed E-state index contributed by atoms with van der Waals surface area (Å²) in [6, 6.07) is 8.01. The molecule has 1 aliphatic rings. The first-order chi connectivity index (χ1) is 12.9. The van der Waals surface area contributed by atoms with Crippen LogP contribution < -0.4 is 0 Å². The summed E-state index contributed by atoms with van der Waals surface area (Å²) in [6.45, 7) is 9.05. The van der Waals surface area contributed by atoms with E-state index in [-0.39, 0.29) is 11.4 Å². The number of allylic oxidation sites excluding steroid dienone is 3. The second kappa shape index (κ2) is 7.99. The molecule has 0 saturated heterocycles. The Kier molecular flexibility index (Phi) is 5.69. The van der Waals surface area contributed by atoms with Gasteiger partial charge in [-0.05, 0) is 67.9 Å². The van der Waals surface area contributed by atoms with E-state index in [2.05, 4.69) is 39.0 Å². The average molecular weight is 364 g/mol. The van der Waals surface area contributed by atoms with Gasteiger partial charge in [0.15, 0.2) is 0 Å². The first kappa shape index (κ1) is 19.2. The summed E-state index contributed by atoms with van der Waals surface area (Å²) in [5, 5.41) is 1.05. The molecule has 0 spiro atoms. The summed E-state index contributed by atoms with van der Waals surface area (Å²) in [6.07, 6.45) is 11.2. The van der Waals surface area contributed by atoms with Crippen molar-refractivity contribution in [2.24, 2.45) is 5.41 Å². The van der Waals surface area contributed by atoms with Crippen molar-refractivity contribution in [1.82, 2.24) is 0 Å². The van der Waals surface area contributed by atoms with Crippen molar-refractivity contribution >= 4 is 29.1 Å². The highest BCUT2D eigenvalue weighted by atomic mass is 16.5. The van der Waals surface area contributed by atoms with Gasteiger partial charge in [-0.2, -0.15) is 0 Å². The van der Waals surface area contributed by atoms with Crippen molar-refractivity contribution in [3.8, 4) is 0 Å². The van der Waals surface area contributed by atoms with Crippen LogP contribution in [-0.2, 0) is 9.53 Å². The standard InChI is InChI=1S/C24H28O3/c1-5-26-23(25)14-12-19-16-20-18(9-6-10-22(20)27-19)11-13-21-17(2)8-7-15-24(21,3)4/h6,9-14,16H,5,7-8,15H2,1-4H3/b13-11+,14-12+. The fraction of sp³-hybridized carbons (Fsp3) is 0.375. The van der Waals surface area contributed by atoms with E-state index in [1.807, 2.05) is 18.2 Å². The Morgan fingerprint density at radius 3 is 2.81 bits per heavy atom. The van der Waals surface area contributed by atoms with Gasteiger partial charge in [0.25, 0.3) is 0 Å². The molecule has 1 aliphatic carbocycles. The highest BCUT2D eigenvalue weighted by Crippen LogP contribution is 2.41. The number of carbonyl (C=O) groups excluding carboxylic acids is 1. The van der Waals surface area contributed by atoms with E-state index in [9.17, 15) is 4.79 Å². The van der Waals surface area contributed by atoms with Crippen molar-refractivity contribution in [1.29, 1.82) is 0 Å². The topological polar surface area (TPSA) is 39.4 Å². The largest absolute Gasteiger partial charge is 0.463 e. The molecular formula is C24H28O3. The molecule has 0 fully saturated rings. The Morgan fingerprint density at radius 1 is 1.26 bits per heavy atom. The first-order valence-electron chi connectivity index (χ1n) is 9.66. The van der Waals surface area contributed by atoms with Crippen molar-refractivity contribution in [2.45, 2.75) is 47.0 Å². The highest BCUT2D eigenvalue weighted by molar-refractivity contribution is 5.91. The van der Waals surface area contributed by atoms with Gasteiger partial charge in [0.2, 0.25) is 0 Å². The molecule has 0 aliphatic heterocycles. The van der Waals surface area contributed by atoms with Crippen LogP contribution in [0.3, 0.4) is 0 Å². The number of fused-ring (bicyclic) bond motifs is 1. The molecule has 0 amide bonds. The molecule has 142 valence electrons. The third-order valence-electron chi connectivity index (χ3n) is 5.26. The summed E-state index contributed by atoms with van der Waals surface area (Å²) in [7, 11) is 0. The zero-order chi connectivity index (χ0) is 19.4. The first-order valence-corrected chi connectivity index (χ1v) is 9.66. The smallest absolute Gasteiger partial charge is 0.330 e. The lowest BCUT2D eigenvalue weighted by atomic mass is 9.72. The Labute approximate surface area is 161 Å². The molecule has 0 bridgehead atoms. The number of carbonyl (C=O) groups is 1. The van der Waals surface area contributed by atoms with Gasteiger partial charge in [-0.3, -0.25) is 0 Å². The number of furan rings is 1. The molecule has 1 heterocycles. The number of ether oxygens (including phenoxy) is 1. The number of hydrogen-bond acceptors (Lipinski definition) is 3. The van der Waals surface area contributed by atoms with Gasteiger partial charge >= 0.3 is 5.97 Å². The van der Waals surface area contributed by atoms with Crippen LogP contribution in [0, 0.1) is 5.41 Å². The minimum absolute atomic E-state index is 0.219. The quantitative estimate of drug-likeness (QED) is 0.446. The Bertz CT molecular complexity index is 922. The molecule has 0 N–H and O–H groups in total. The average Bonchev–Trinajstić information content (AvgIpc) is 3.03. The number of benzene rings is 1. The van der Waals surface area contributed by atoms with Crippen LogP contribution in [0.25, 0.3) is 23.1 Å². The zero-order valence-corrected chi connectivity index (χ0v) is 16.7. The minimum Gasteiger partial charge on any atom is -0.463 e. The van der Waals surface area contributed by atoms with Crippen LogP contribution >= 0.6 is 0 Å². The highest BCUT2D eigenvalue weighted by Gasteiger charge is 2.26. The summed E-state index contributed by atoms with van der Waals surface area (Å²) in [5.74, 6) is 0.285. The Balaban J connectivity index is 1.90. The summed E-state index contributed by atoms with van der Waals surface area (Å²) in [4.78, 5) is 11.5. The second-order valence-electron chi connectivity index (χ2n) is 7.76. The molecule has 3 nitrogen and oxygen atoms in total. The van der Waals surface area contributed by atoms with Crippen molar-refractivity contribution in [2.75, 3.05) is 6.61 Å². The minimum atomic E-state index is -0.361. The van der Waals surface area contributed by atoms with Gasteiger partial charge < -0.3 is 9.15 Å². The molecule has 0 radical (unpaired) electrons. The second-order valence-corrected chi connectivity index (χ2v) is 7.76. The molecule has 3 rings (SSSR count). The third-order valence-corrected chi connectivity index (χ3v) is 5.26. The molecule has 0 unspecified atom stereocenters. The molecule has 3 heteroatoms. The molecule has 0 atom stereocenters. The van der Waals surface area contributed by atoms with Crippen molar-refractivity contribution in [3.05, 3.63) is 58.9 Å². The Hall–Kier alpha value is -2.55. The van der Waals surface area contributed by atoms with E-state index in [1.54, 1.807) is 13.0 Å². The SMILES string of the molecule is CCOC(=O)/C=C/c1cc2c(/C=C/C3=C(C)CCCC3(C)C)cccc2o1. The summed E-state index contributed by atoms with van der Waals surface area (Å²) in [5.41, 5.74) is 5.08. The summed E-state index contributed by atoms with van der Waals surface area (Å²) < 4.78 is 10.8. The van der Waals surface area contributed by atoms with Crippen molar-refractivity contribution < 1.29 is 13.9 Å². The lowest BCUT2D eigenvalue weighted by Crippen LogP contribution is -2.18. The van der Waals surface area contributed by atoms with E-state index in [0.29, 0.717) is 12.4 Å². The molecule has 2 aromatic rings. The lowest BCUT2D eigenvalue weighted by Gasteiger charge is -2.32. The van der Waals surface area contributed by atoms with E-state index >= 15 is 0 Å². The molecule has 27 heavy (non-hydrogen) atoms. The predicted molar refractivity (Wildman–Crippen MR) is 111 cm³/mol. The molecule has 0 saturated carbocycles. The van der Waals surface area contributed by atoms with Crippen LogP contribution in [0.15, 0.2) is 52.0 Å². The van der Waals surface area contributed by atoms with Gasteiger partial charge in [-0.25, -0.2) is 4.79 Å². The fourth-order valence-electron chi connectivity index (χ4n) is 3.85. The lowest BCUT2D eigenvalue weighted by molar-refractivity contribution is -0.137. The third kappa shape index (κ3) is 4.41. The van der Waals surface area contributed by atoms with E-state index in [4.69, 9.17) is 9.15 Å². The van der Waals surface area contributed by atoms with Crippen LogP contribution in [0.2, 0.25) is 0 Å². The van der Waals surface area contributed by atoms with Gasteiger partial charge in [-0.15, -0.1) is 0 Å². The predicted octanol–water partition coefficient (Wildman–Crippen LogP) is 6.55. The normalized spacial score (nSPS) is 17.3. The van der Waals surface area contributed by atoms with E-state index in [0.717, 1.165) is 16.5 Å². The zero-order valence-electron chi connectivity index (χ0n) is 16.7. The van der Waals surface area contributed by atoms with Crippen LogP contribution in [-0.4, -0.2) is 12.6 Å². The number of hydrogen-bond donors (Lipinski definition) is 0. The summed E-state index contributed by atoms with van der Waals surface area (Å²) >= 11 is 0. The maximum Gasteiger partial charge on any atom is 0.330 e.